The van der Waals surface area contributed by atoms with Gasteiger partial charge in [-0.25, -0.2) is 0 Å². The van der Waals surface area contributed by atoms with Crippen molar-refractivity contribution < 1.29 is 19.1 Å². The van der Waals surface area contributed by atoms with Gasteiger partial charge in [-0.3, -0.25) is 14.4 Å². The monoisotopic (exact) mass is 360 g/mol. The van der Waals surface area contributed by atoms with Gasteiger partial charge in [-0.1, -0.05) is 36.8 Å². The molecule has 1 unspecified atom stereocenters. The van der Waals surface area contributed by atoms with Gasteiger partial charge in [-0.15, -0.1) is 0 Å². The molecule has 1 atom stereocenters. The average molecular weight is 360 g/mol. The van der Waals surface area contributed by atoms with Crippen LogP contribution in [-0.4, -0.2) is 49.4 Å². The Labute approximate surface area is 155 Å². The Hall–Kier alpha value is -2.63. The number of amides is 2. The summed E-state index contributed by atoms with van der Waals surface area (Å²) in [6.07, 6.45) is 3.87. The lowest BCUT2D eigenvalue weighted by Crippen LogP contribution is -2.38. The SMILES string of the molecule is COC(=O)C(C)CN(CCCNC(C)=O)C(=O)/C=C/c1ccc(C)cc1. The molecule has 0 aliphatic carbocycles. The van der Waals surface area contributed by atoms with Crippen molar-refractivity contribution >= 4 is 23.9 Å². The van der Waals surface area contributed by atoms with E-state index < -0.39 is 5.92 Å². The number of ether oxygens (including phenoxy) is 1. The molecule has 0 saturated carbocycles. The third kappa shape index (κ3) is 7.96. The number of rotatable bonds is 9. The minimum absolute atomic E-state index is 0.106. The normalized spacial score (nSPS) is 11.8. The minimum Gasteiger partial charge on any atom is -0.469 e. The summed E-state index contributed by atoms with van der Waals surface area (Å²) < 4.78 is 4.74. The van der Waals surface area contributed by atoms with Crippen molar-refractivity contribution in [3.8, 4) is 0 Å². The molecule has 0 aliphatic rings. The molecule has 1 aromatic carbocycles. The Balaban J connectivity index is 2.73. The van der Waals surface area contributed by atoms with E-state index in [-0.39, 0.29) is 24.3 Å². The second-order valence-electron chi connectivity index (χ2n) is 6.29. The van der Waals surface area contributed by atoms with Crippen molar-refractivity contribution in [2.75, 3.05) is 26.7 Å². The van der Waals surface area contributed by atoms with Crippen LogP contribution in [0.25, 0.3) is 6.08 Å². The molecular weight excluding hydrogens is 332 g/mol. The van der Waals surface area contributed by atoms with Crippen LogP contribution in [0.2, 0.25) is 0 Å². The van der Waals surface area contributed by atoms with Crippen LogP contribution in [0.1, 0.15) is 31.4 Å². The quantitative estimate of drug-likeness (QED) is 0.416. The molecule has 6 nitrogen and oxygen atoms in total. The molecule has 0 aromatic heterocycles. The molecule has 0 heterocycles. The fourth-order valence-corrected chi connectivity index (χ4v) is 2.38. The predicted octanol–water partition coefficient (Wildman–Crippen LogP) is 2.17. The lowest BCUT2D eigenvalue weighted by molar-refractivity contribution is -0.146. The predicted molar refractivity (Wildman–Crippen MR) is 101 cm³/mol. The van der Waals surface area contributed by atoms with E-state index in [2.05, 4.69) is 5.32 Å². The number of carbonyl (C=O) groups is 3. The Morgan fingerprint density at radius 2 is 1.88 bits per heavy atom. The highest BCUT2D eigenvalue weighted by atomic mass is 16.5. The number of carbonyl (C=O) groups excluding carboxylic acids is 3. The summed E-state index contributed by atoms with van der Waals surface area (Å²) in [4.78, 5) is 36.8. The van der Waals surface area contributed by atoms with E-state index >= 15 is 0 Å². The third-order valence-electron chi connectivity index (χ3n) is 3.88. The van der Waals surface area contributed by atoms with E-state index in [9.17, 15) is 14.4 Å². The van der Waals surface area contributed by atoms with E-state index in [1.807, 2.05) is 31.2 Å². The molecular formula is C20H28N2O4. The van der Waals surface area contributed by atoms with Crippen LogP contribution in [0.4, 0.5) is 0 Å². The van der Waals surface area contributed by atoms with Gasteiger partial charge in [0.2, 0.25) is 11.8 Å². The van der Waals surface area contributed by atoms with Gasteiger partial charge in [0.05, 0.1) is 13.0 Å². The zero-order valence-corrected chi connectivity index (χ0v) is 16.0. The van der Waals surface area contributed by atoms with Crippen molar-refractivity contribution in [2.24, 2.45) is 5.92 Å². The molecule has 0 bridgehead atoms. The first-order valence-corrected chi connectivity index (χ1v) is 8.69. The molecule has 0 aliphatic heterocycles. The number of nitrogens with zero attached hydrogens (tertiary/aromatic N) is 1. The van der Waals surface area contributed by atoms with E-state index in [1.54, 1.807) is 17.9 Å². The Morgan fingerprint density at radius 1 is 1.23 bits per heavy atom. The summed E-state index contributed by atoms with van der Waals surface area (Å²) in [6, 6.07) is 7.85. The van der Waals surface area contributed by atoms with Gasteiger partial charge < -0.3 is 15.0 Å². The molecule has 6 heteroatoms. The van der Waals surface area contributed by atoms with Gasteiger partial charge >= 0.3 is 5.97 Å². The maximum Gasteiger partial charge on any atom is 0.310 e. The molecule has 26 heavy (non-hydrogen) atoms. The largest absolute Gasteiger partial charge is 0.469 e. The van der Waals surface area contributed by atoms with Crippen LogP contribution >= 0.6 is 0 Å². The van der Waals surface area contributed by atoms with Gasteiger partial charge in [0, 0.05) is 32.6 Å². The molecule has 0 spiro atoms. The fraction of sp³-hybridized carbons (Fsp3) is 0.450. The molecule has 1 rings (SSSR count). The van der Waals surface area contributed by atoms with Gasteiger partial charge in [0.15, 0.2) is 0 Å². The highest BCUT2D eigenvalue weighted by Gasteiger charge is 2.20. The molecule has 0 fully saturated rings. The first kappa shape index (κ1) is 21.4. The first-order chi connectivity index (χ1) is 12.3. The maximum atomic E-state index is 12.6. The zero-order valence-electron chi connectivity index (χ0n) is 16.0. The molecule has 0 saturated heterocycles. The lowest BCUT2D eigenvalue weighted by Gasteiger charge is -2.24. The second kappa shape index (κ2) is 11.1. The summed E-state index contributed by atoms with van der Waals surface area (Å²) in [6.45, 7) is 6.37. The summed E-state index contributed by atoms with van der Waals surface area (Å²) >= 11 is 0. The summed E-state index contributed by atoms with van der Waals surface area (Å²) in [5.41, 5.74) is 2.09. The average Bonchev–Trinajstić information content (AvgIpc) is 2.62. The number of aryl methyl sites for hydroxylation is 1. The molecule has 1 aromatic rings. The smallest absolute Gasteiger partial charge is 0.310 e. The van der Waals surface area contributed by atoms with Crippen LogP contribution in [-0.2, 0) is 19.1 Å². The number of esters is 1. The third-order valence-corrected chi connectivity index (χ3v) is 3.88. The van der Waals surface area contributed by atoms with Crippen LogP contribution < -0.4 is 5.32 Å². The van der Waals surface area contributed by atoms with Crippen molar-refractivity contribution in [2.45, 2.75) is 27.2 Å². The van der Waals surface area contributed by atoms with E-state index in [0.717, 1.165) is 11.1 Å². The number of nitrogens with one attached hydrogen (secondary N) is 1. The highest BCUT2D eigenvalue weighted by molar-refractivity contribution is 5.92. The van der Waals surface area contributed by atoms with Gasteiger partial charge in [0.1, 0.15) is 0 Å². The Kier molecular flexibility index (Phi) is 9.12. The van der Waals surface area contributed by atoms with Crippen LogP contribution in [0.15, 0.2) is 30.3 Å². The highest BCUT2D eigenvalue weighted by Crippen LogP contribution is 2.08. The summed E-state index contributed by atoms with van der Waals surface area (Å²) in [5.74, 6) is -1.06. The molecule has 142 valence electrons. The van der Waals surface area contributed by atoms with E-state index in [1.165, 1.54) is 20.1 Å². The molecule has 0 radical (unpaired) electrons. The number of benzene rings is 1. The Bertz CT molecular complexity index is 638. The molecule has 1 N–H and O–H groups in total. The van der Waals surface area contributed by atoms with Crippen LogP contribution in [0.5, 0.6) is 0 Å². The maximum absolute atomic E-state index is 12.6. The lowest BCUT2D eigenvalue weighted by atomic mass is 10.1. The fourth-order valence-electron chi connectivity index (χ4n) is 2.38. The van der Waals surface area contributed by atoms with Gasteiger partial charge in [-0.2, -0.15) is 0 Å². The van der Waals surface area contributed by atoms with Crippen molar-refractivity contribution in [1.29, 1.82) is 0 Å². The standard InChI is InChI=1S/C20H28N2O4/c1-15-6-8-18(9-7-15)10-11-19(24)22(13-5-12-21-17(3)23)14-16(2)20(25)26-4/h6-11,16H,5,12-14H2,1-4H3,(H,21,23)/b11-10+. The van der Waals surface area contributed by atoms with E-state index in [0.29, 0.717) is 19.5 Å². The van der Waals surface area contributed by atoms with Crippen LogP contribution in [0, 0.1) is 12.8 Å². The van der Waals surface area contributed by atoms with Gasteiger partial charge in [-0.05, 0) is 25.0 Å². The topological polar surface area (TPSA) is 75.7 Å². The van der Waals surface area contributed by atoms with E-state index in [4.69, 9.17) is 4.74 Å². The van der Waals surface area contributed by atoms with Gasteiger partial charge in [0.25, 0.3) is 0 Å². The zero-order chi connectivity index (χ0) is 19.5. The number of hydrogen-bond donors (Lipinski definition) is 1. The molecule has 2 amide bonds. The first-order valence-electron chi connectivity index (χ1n) is 8.69. The summed E-state index contributed by atoms with van der Waals surface area (Å²) in [5, 5.41) is 2.70. The Morgan fingerprint density at radius 3 is 2.46 bits per heavy atom. The minimum atomic E-state index is -0.419. The van der Waals surface area contributed by atoms with Crippen LogP contribution in [0.3, 0.4) is 0 Å². The summed E-state index contributed by atoms with van der Waals surface area (Å²) in [7, 11) is 1.33. The van der Waals surface area contributed by atoms with Crippen molar-refractivity contribution in [3.63, 3.8) is 0 Å². The number of methoxy groups -OCH3 is 1. The second-order valence-corrected chi connectivity index (χ2v) is 6.29. The van der Waals surface area contributed by atoms with Crippen molar-refractivity contribution in [3.05, 3.63) is 41.5 Å². The number of hydrogen-bond acceptors (Lipinski definition) is 4. The van der Waals surface area contributed by atoms with Crippen molar-refractivity contribution in [1.82, 2.24) is 10.2 Å².